The molecule has 3 nitrogen and oxygen atoms in total. The van der Waals surface area contributed by atoms with E-state index < -0.39 is 0 Å². The number of amides is 1. The Balaban J connectivity index is 0.00000256. The number of halogens is 1. The maximum Gasteiger partial charge on any atom is 0.220 e. The highest BCUT2D eigenvalue weighted by Crippen LogP contribution is 2.20. The van der Waals surface area contributed by atoms with Gasteiger partial charge in [0.1, 0.15) is 0 Å². The third-order valence-corrected chi connectivity index (χ3v) is 3.08. The van der Waals surface area contributed by atoms with Crippen LogP contribution in [0.15, 0.2) is 0 Å². The zero-order valence-electron chi connectivity index (χ0n) is 11.3. The van der Waals surface area contributed by atoms with Crippen LogP contribution in [0.3, 0.4) is 0 Å². The van der Waals surface area contributed by atoms with Crippen LogP contribution in [0, 0.1) is 5.41 Å². The second-order valence-electron chi connectivity index (χ2n) is 5.99. The van der Waals surface area contributed by atoms with E-state index in [9.17, 15) is 4.79 Å². The van der Waals surface area contributed by atoms with Crippen molar-refractivity contribution in [1.29, 1.82) is 0 Å². The number of hydrogen-bond acceptors (Lipinski definition) is 2. The highest BCUT2D eigenvalue weighted by atomic mass is 35.5. The van der Waals surface area contributed by atoms with Crippen LogP contribution in [0.2, 0.25) is 0 Å². The Morgan fingerprint density at radius 2 is 2.12 bits per heavy atom. The van der Waals surface area contributed by atoms with E-state index in [4.69, 9.17) is 0 Å². The third kappa shape index (κ3) is 8.44. The minimum absolute atomic E-state index is 0. The average Bonchev–Trinajstić information content (AvgIpc) is 2.66. The van der Waals surface area contributed by atoms with Gasteiger partial charge < -0.3 is 10.6 Å². The molecule has 0 aromatic carbocycles. The summed E-state index contributed by atoms with van der Waals surface area (Å²) in [6, 6.07) is 0.628. The lowest BCUT2D eigenvalue weighted by molar-refractivity contribution is -0.121. The van der Waals surface area contributed by atoms with E-state index >= 15 is 0 Å². The minimum Gasteiger partial charge on any atom is -0.356 e. The first-order valence-electron chi connectivity index (χ1n) is 6.47. The van der Waals surface area contributed by atoms with Crippen molar-refractivity contribution in [3.8, 4) is 0 Å². The molecule has 0 saturated carbocycles. The molecular weight excluding hydrogens is 236 g/mol. The zero-order valence-corrected chi connectivity index (χ0v) is 12.2. The number of rotatable bonds is 5. The van der Waals surface area contributed by atoms with Gasteiger partial charge in [-0.3, -0.25) is 4.79 Å². The zero-order chi connectivity index (χ0) is 12.0. The summed E-state index contributed by atoms with van der Waals surface area (Å²) in [5.41, 5.74) is 0.254. The van der Waals surface area contributed by atoms with E-state index in [2.05, 4.69) is 31.4 Å². The maximum absolute atomic E-state index is 11.5. The predicted octanol–water partition coefficient (Wildman–Crippen LogP) is 2.49. The van der Waals surface area contributed by atoms with Crippen molar-refractivity contribution in [3.63, 3.8) is 0 Å². The van der Waals surface area contributed by atoms with E-state index in [-0.39, 0.29) is 23.7 Å². The summed E-state index contributed by atoms with van der Waals surface area (Å²) in [4.78, 5) is 11.5. The van der Waals surface area contributed by atoms with Gasteiger partial charge in [-0.2, -0.15) is 0 Å². The molecule has 4 heteroatoms. The molecule has 2 N–H and O–H groups in total. The van der Waals surface area contributed by atoms with Gasteiger partial charge in [-0.25, -0.2) is 0 Å². The molecule has 1 rings (SSSR count). The van der Waals surface area contributed by atoms with Gasteiger partial charge in [-0.1, -0.05) is 20.8 Å². The highest BCUT2D eigenvalue weighted by molar-refractivity contribution is 5.85. The Kier molecular flexibility index (Phi) is 7.80. The van der Waals surface area contributed by atoms with Crippen molar-refractivity contribution in [2.45, 2.75) is 58.9 Å². The molecule has 0 aliphatic carbocycles. The summed E-state index contributed by atoms with van der Waals surface area (Å²) in [5.74, 6) is 0.202. The van der Waals surface area contributed by atoms with Crippen LogP contribution in [-0.2, 0) is 4.79 Å². The van der Waals surface area contributed by atoms with Crippen LogP contribution in [0.4, 0.5) is 0 Å². The molecule has 1 saturated heterocycles. The largest absolute Gasteiger partial charge is 0.356 e. The molecule has 1 aliphatic heterocycles. The fourth-order valence-electron chi connectivity index (χ4n) is 1.97. The lowest BCUT2D eigenvalue weighted by atomic mass is 9.90. The first-order chi connectivity index (χ1) is 7.47. The minimum atomic E-state index is 0. The van der Waals surface area contributed by atoms with Crippen molar-refractivity contribution in [2.75, 3.05) is 13.1 Å². The lowest BCUT2D eigenvalue weighted by Gasteiger charge is -2.17. The van der Waals surface area contributed by atoms with Gasteiger partial charge >= 0.3 is 0 Å². The molecule has 1 aliphatic rings. The van der Waals surface area contributed by atoms with Crippen molar-refractivity contribution in [3.05, 3.63) is 0 Å². The second kappa shape index (κ2) is 7.93. The average molecular weight is 263 g/mol. The summed E-state index contributed by atoms with van der Waals surface area (Å²) in [7, 11) is 0. The van der Waals surface area contributed by atoms with Gasteiger partial charge in [0.25, 0.3) is 0 Å². The number of carbonyl (C=O) groups excluding carboxylic acids is 1. The van der Waals surface area contributed by atoms with E-state index in [1.165, 1.54) is 12.8 Å². The van der Waals surface area contributed by atoms with E-state index in [1.807, 2.05) is 0 Å². The number of carbonyl (C=O) groups is 1. The first-order valence-corrected chi connectivity index (χ1v) is 6.47. The molecule has 0 aromatic heterocycles. The Morgan fingerprint density at radius 3 is 2.65 bits per heavy atom. The highest BCUT2D eigenvalue weighted by Gasteiger charge is 2.15. The normalized spacial score (nSPS) is 19.8. The van der Waals surface area contributed by atoms with E-state index in [0.29, 0.717) is 12.5 Å². The fourth-order valence-corrected chi connectivity index (χ4v) is 1.97. The summed E-state index contributed by atoms with van der Waals surface area (Å²) in [6.07, 6.45) is 5.23. The van der Waals surface area contributed by atoms with Gasteiger partial charge in [-0.05, 0) is 37.6 Å². The SMILES string of the molecule is CC(C)(C)CCC(=O)NCC[C@H]1CCCN1.Cl. The van der Waals surface area contributed by atoms with Gasteiger partial charge in [0.15, 0.2) is 0 Å². The topological polar surface area (TPSA) is 41.1 Å². The standard InChI is InChI=1S/C13H26N2O.ClH/c1-13(2,3)8-6-12(16)15-10-7-11-5-4-9-14-11;/h11,14H,4-10H2,1-3H3,(H,15,16);1H/t11-;/m1./s1. The maximum atomic E-state index is 11.5. The third-order valence-electron chi connectivity index (χ3n) is 3.08. The molecule has 17 heavy (non-hydrogen) atoms. The van der Waals surface area contributed by atoms with Crippen molar-refractivity contribution >= 4 is 18.3 Å². The van der Waals surface area contributed by atoms with Crippen LogP contribution in [0.25, 0.3) is 0 Å². The lowest BCUT2D eigenvalue weighted by Crippen LogP contribution is -2.30. The molecule has 0 unspecified atom stereocenters. The van der Waals surface area contributed by atoms with Gasteiger partial charge in [0.2, 0.25) is 5.91 Å². The summed E-state index contributed by atoms with van der Waals surface area (Å²) in [6.45, 7) is 8.47. The van der Waals surface area contributed by atoms with Crippen LogP contribution in [0.5, 0.6) is 0 Å². The molecule has 1 heterocycles. The van der Waals surface area contributed by atoms with Crippen molar-refractivity contribution in [1.82, 2.24) is 10.6 Å². The number of nitrogens with one attached hydrogen (secondary N) is 2. The molecule has 1 fully saturated rings. The monoisotopic (exact) mass is 262 g/mol. The summed E-state index contributed by atoms with van der Waals surface area (Å²) in [5, 5.41) is 6.44. The second-order valence-corrected chi connectivity index (χ2v) is 5.99. The van der Waals surface area contributed by atoms with Crippen LogP contribution < -0.4 is 10.6 Å². The molecule has 0 radical (unpaired) electrons. The van der Waals surface area contributed by atoms with Gasteiger partial charge in [0, 0.05) is 19.0 Å². The molecule has 102 valence electrons. The first kappa shape index (κ1) is 16.7. The predicted molar refractivity (Wildman–Crippen MR) is 74.6 cm³/mol. The van der Waals surface area contributed by atoms with E-state index in [0.717, 1.165) is 25.9 Å². The van der Waals surface area contributed by atoms with Gasteiger partial charge in [0.05, 0.1) is 0 Å². The quantitative estimate of drug-likeness (QED) is 0.799. The van der Waals surface area contributed by atoms with Crippen LogP contribution in [0.1, 0.15) is 52.9 Å². The Hall–Kier alpha value is -0.280. The summed E-state index contributed by atoms with van der Waals surface area (Å²) >= 11 is 0. The van der Waals surface area contributed by atoms with Gasteiger partial charge in [-0.15, -0.1) is 12.4 Å². The smallest absolute Gasteiger partial charge is 0.220 e. The Labute approximate surface area is 112 Å². The van der Waals surface area contributed by atoms with Crippen molar-refractivity contribution < 1.29 is 4.79 Å². The molecule has 0 aromatic rings. The van der Waals surface area contributed by atoms with E-state index in [1.54, 1.807) is 0 Å². The Morgan fingerprint density at radius 1 is 1.41 bits per heavy atom. The Bertz CT molecular complexity index is 220. The molecule has 0 bridgehead atoms. The molecule has 1 atom stereocenters. The molecule has 0 spiro atoms. The number of hydrogen-bond donors (Lipinski definition) is 2. The molecule has 1 amide bonds. The summed E-state index contributed by atoms with van der Waals surface area (Å²) < 4.78 is 0. The van der Waals surface area contributed by atoms with Crippen LogP contribution in [-0.4, -0.2) is 25.0 Å². The van der Waals surface area contributed by atoms with Crippen molar-refractivity contribution in [2.24, 2.45) is 5.41 Å². The molecular formula is C13H27ClN2O. The fraction of sp³-hybridized carbons (Fsp3) is 0.923. The van der Waals surface area contributed by atoms with Crippen LogP contribution >= 0.6 is 12.4 Å².